The second-order valence-electron chi connectivity index (χ2n) is 2.13. The van der Waals surface area contributed by atoms with E-state index in [0.29, 0.717) is 19.5 Å². The molecule has 1 aliphatic rings. The first-order valence-electron chi connectivity index (χ1n) is 3.24. The van der Waals surface area contributed by atoms with Gasteiger partial charge in [-0.1, -0.05) is 0 Å². The third kappa shape index (κ3) is 1.38. The number of rotatable bonds is 2. The minimum Gasteiger partial charge on any atom is -0.336 e. The summed E-state index contributed by atoms with van der Waals surface area (Å²) >= 11 is 0. The first-order chi connectivity index (χ1) is 4.84. The quantitative estimate of drug-likeness (QED) is 0.582. The summed E-state index contributed by atoms with van der Waals surface area (Å²) < 4.78 is 0. The van der Waals surface area contributed by atoms with Gasteiger partial charge in [-0.05, 0) is 0 Å². The molecule has 0 atom stereocenters. The smallest absolute Gasteiger partial charge is 0.317 e. The number of nitrogens with zero attached hydrogens (tertiary/aromatic N) is 2. The Morgan fingerprint density at radius 2 is 2.60 bits per heavy atom. The molecular formula is C6H9N3O. The largest absolute Gasteiger partial charge is 0.336 e. The summed E-state index contributed by atoms with van der Waals surface area (Å²) in [6, 6.07) is 1.95. The summed E-state index contributed by atoms with van der Waals surface area (Å²) in [6.45, 7) is 2.01. The highest BCUT2D eigenvalue weighted by molar-refractivity contribution is 5.76. The van der Waals surface area contributed by atoms with Crippen LogP contribution in [0.2, 0.25) is 0 Å². The average Bonchev–Trinajstić information content (AvgIpc) is 2.31. The normalized spacial score (nSPS) is 16.7. The number of nitrogens with one attached hydrogen (secondary N) is 1. The number of amides is 2. The highest BCUT2D eigenvalue weighted by Crippen LogP contribution is 1.96. The summed E-state index contributed by atoms with van der Waals surface area (Å²) in [5.41, 5.74) is 0. The molecule has 2 amide bonds. The number of hydrogen-bond acceptors (Lipinski definition) is 2. The van der Waals surface area contributed by atoms with E-state index in [0.717, 1.165) is 6.54 Å². The van der Waals surface area contributed by atoms with Crippen LogP contribution in [-0.2, 0) is 0 Å². The van der Waals surface area contributed by atoms with Gasteiger partial charge in [0, 0.05) is 19.6 Å². The van der Waals surface area contributed by atoms with Crippen LogP contribution < -0.4 is 5.32 Å². The fourth-order valence-electron chi connectivity index (χ4n) is 0.909. The lowest BCUT2D eigenvalue weighted by molar-refractivity contribution is 0.218. The molecule has 1 fully saturated rings. The van der Waals surface area contributed by atoms with E-state index in [-0.39, 0.29) is 6.03 Å². The van der Waals surface area contributed by atoms with E-state index >= 15 is 0 Å². The van der Waals surface area contributed by atoms with Crippen LogP contribution in [0.3, 0.4) is 0 Å². The standard InChI is InChI=1S/C6H9N3O/c7-2-1-4-9-5-3-8-6(9)10/h1,3-5H2,(H,8,10). The zero-order valence-corrected chi connectivity index (χ0v) is 5.63. The van der Waals surface area contributed by atoms with Crippen LogP contribution in [0.1, 0.15) is 6.42 Å². The Bertz CT molecular complexity index is 172. The summed E-state index contributed by atoms with van der Waals surface area (Å²) in [7, 11) is 0. The Morgan fingerprint density at radius 3 is 3.10 bits per heavy atom. The SMILES string of the molecule is N#CCCN1CCNC1=O. The van der Waals surface area contributed by atoms with Gasteiger partial charge in [0.05, 0.1) is 12.5 Å². The van der Waals surface area contributed by atoms with Gasteiger partial charge in [0.2, 0.25) is 0 Å². The fraction of sp³-hybridized carbons (Fsp3) is 0.667. The Kier molecular flexibility index (Phi) is 2.11. The maximum absolute atomic E-state index is 10.8. The summed E-state index contributed by atoms with van der Waals surface area (Å²) in [4.78, 5) is 12.4. The third-order valence-electron chi connectivity index (χ3n) is 1.44. The molecule has 0 aromatic carbocycles. The molecule has 0 aromatic rings. The second kappa shape index (κ2) is 3.06. The van der Waals surface area contributed by atoms with Gasteiger partial charge in [-0.25, -0.2) is 4.79 Å². The summed E-state index contributed by atoms with van der Waals surface area (Å²) in [5.74, 6) is 0. The van der Waals surface area contributed by atoms with Crippen molar-refractivity contribution in [3.63, 3.8) is 0 Å². The molecule has 4 nitrogen and oxygen atoms in total. The first kappa shape index (κ1) is 6.87. The van der Waals surface area contributed by atoms with Crippen LogP contribution in [-0.4, -0.2) is 30.6 Å². The molecule has 0 radical (unpaired) electrons. The van der Waals surface area contributed by atoms with Crippen molar-refractivity contribution in [2.24, 2.45) is 0 Å². The van der Waals surface area contributed by atoms with Crippen molar-refractivity contribution in [1.82, 2.24) is 10.2 Å². The predicted octanol–water partition coefficient (Wildman–Crippen LogP) is -0.0747. The molecule has 1 saturated heterocycles. The van der Waals surface area contributed by atoms with Crippen LogP contribution in [0.4, 0.5) is 4.79 Å². The number of carbonyl (C=O) groups excluding carboxylic acids is 1. The topological polar surface area (TPSA) is 56.1 Å². The maximum Gasteiger partial charge on any atom is 0.317 e. The minimum absolute atomic E-state index is 0.0461. The van der Waals surface area contributed by atoms with Crippen molar-refractivity contribution in [3.8, 4) is 6.07 Å². The molecule has 0 bridgehead atoms. The van der Waals surface area contributed by atoms with Crippen LogP contribution in [0.5, 0.6) is 0 Å². The monoisotopic (exact) mass is 139 g/mol. The molecule has 1 heterocycles. The zero-order valence-electron chi connectivity index (χ0n) is 5.63. The first-order valence-corrected chi connectivity index (χ1v) is 3.24. The van der Waals surface area contributed by atoms with Gasteiger partial charge < -0.3 is 10.2 Å². The number of nitriles is 1. The molecular weight excluding hydrogens is 130 g/mol. The highest BCUT2D eigenvalue weighted by Gasteiger charge is 2.17. The van der Waals surface area contributed by atoms with Gasteiger partial charge in [0.1, 0.15) is 0 Å². The molecule has 10 heavy (non-hydrogen) atoms. The van der Waals surface area contributed by atoms with E-state index in [1.165, 1.54) is 0 Å². The van der Waals surface area contributed by atoms with E-state index < -0.39 is 0 Å². The highest BCUT2D eigenvalue weighted by atomic mass is 16.2. The van der Waals surface area contributed by atoms with Crippen molar-refractivity contribution >= 4 is 6.03 Å². The van der Waals surface area contributed by atoms with Crippen LogP contribution in [0, 0.1) is 11.3 Å². The van der Waals surface area contributed by atoms with Gasteiger partial charge in [0.25, 0.3) is 0 Å². The zero-order chi connectivity index (χ0) is 7.40. The van der Waals surface area contributed by atoms with Crippen molar-refractivity contribution in [2.75, 3.05) is 19.6 Å². The molecule has 0 unspecified atom stereocenters. The van der Waals surface area contributed by atoms with Gasteiger partial charge >= 0.3 is 6.03 Å². The van der Waals surface area contributed by atoms with Gasteiger partial charge in [-0.15, -0.1) is 0 Å². The fourth-order valence-corrected chi connectivity index (χ4v) is 0.909. The molecule has 1 rings (SSSR count). The Hall–Kier alpha value is -1.24. The van der Waals surface area contributed by atoms with Crippen LogP contribution >= 0.6 is 0 Å². The van der Waals surface area contributed by atoms with E-state index in [2.05, 4.69) is 5.32 Å². The number of hydrogen-bond donors (Lipinski definition) is 1. The minimum atomic E-state index is -0.0461. The molecule has 54 valence electrons. The Balaban J connectivity index is 2.28. The second-order valence-corrected chi connectivity index (χ2v) is 2.13. The van der Waals surface area contributed by atoms with E-state index in [1.54, 1.807) is 4.90 Å². The summed E-state index contributed by atoms with van der Waals surface area (Å²) in [5, 5.41) is 10.9. The molecule has 4 heteroatoms. The number of urea groups is 1. The molecule has 1 N–H and O–H groups in total. The maximum atomic E-state index is 10.8. The summed E-state index contributed by atoms with van der Waals surface area (Å²) in [6.07, 6.45) is 0.424. The lowest BCUT2D eigenvalue weighted by Gasteiger charge is -2.09. The Labute approximate surface area is 59.4 Å². The van der Waals surface area contributed by atoms with Crippen LogP contribution in [0.25, 0.3) is 0 Å². The van der Waals surface area contributed by atoms with Gasteiger partial charge in [-0.2, -0.15) is 5.26 Å². The molecule has 1 aliphatic heterocycles. The van der Waals surface area contributed by atoms with Crippen molar-refractivity contribution < 1.29 is 4.79 Å². The average molecular weight is 139 g/mol. The van der Waals surface area contributed by atoms with E-state index in [1.807, 2.05) is 6.07 Å². The number of carbonyl (C=O) groups is 1. The van der Waals surface area contributed by atoms with E-state index in [4.69, 9.17) is 5.26 Å². The van der Waals surface area contributed by atoms with Crippen molar-refractivity contribution in [3.05, 3.63) is 0 Å². The lowest BCUT2D eigenvalue weighted by atomic mass is 10.4. The third-order valence-corrected chi connectivity index (χ3v) is 1.44. The molecule has 0 aromatic heterocycles. The molecule has 0 spiro atoms. The Morgan fingerprint density at radius 1 is 1.80 bits per heavy atom. The van der Waals surface area contributed by atoms with Gasteiger partial charge in [-0.3, -0.25) is 0 Å². The molecule has 0 aliphatic carbocycles. The van der Waals surface area contributed by atoms with Crippen molar-refractivity contribution in [2.45, 2.75) is 6.42 Å². The molecule has 0 saturated carbocycles. The van der Waals surface area contributed by atoms with Gasteiger partial charge in [0.15, 0.2) is 0 Å². The van der Waals surface area contributed by atoms with E-state index in [9.17, 15) is 4.79 Å². The predicted molar refractivity (Wildman–Crippen MR) is 35.2 cm³/mol. The van der Waals surface area contributed by atoms with Crippen molar-refractivity contribution in [1.29, 1.82) is 5.26 Å². The van der Waals surface area contributed by atoms with Crippen LogP contribution in [0.15, 0.2) is 0 Å². The lowest BCUT2D eigenvalue weighted by Crippen LogP contribution is -2.28.